The number of aliphatic hydroxyl groups excluding tert-OH is 1. The van der Waals surface area contributed by atoms with Crippen LogP contribution in [0.25, 0.3) is 10.9 Å². The van der Waals surface area contributed by atoms with E-state index in [9.17, 15) is 9.90 Å². The summed E-state index contributed by atoms with van der Waals surface area (Å²) >= 11 is 6.24. The second-order valence-corrected chi connectivity index (χ2v) is 8.56. The number of benzene rings is 1. The van der Waals surface area contributed by atoms with E-state index in [2.05, 4.69) is 23.0 Å². The van der Waals surface area contributed by atoms with Gasteiger partial charge in [-0.1, -0.05) is 18.5 Å². The first-order chi connectivity index (χ1) is 12.5. The van der Waals surface area contributed by atoms with Crippen molar-refractivity contribution in [1.29, 1.82) is 0 Å². The smallest absolute Gasteiger partial charge is 0.157 e. The van der Waals surface area contributed by atoms with Crippen molar-refractivity contribution in [2.45, 2.75) is 38.8 Å². The monoisotopic (exact) mass is 370 g/mol. The first kappa shape index (κ1) is 16.4. The highest BCUT2D eigenvalue weighted by molar-refractivity contribution is 6.31. The Morgan fingerprint density at radius 3 is 2.96 bits per heavy atom. The Morgan fingerprint density at radius 2 is 2.19 bits per heavy atom. The van der Waals surface area contributed by atoms with E-state index in [1.165, 1.54) is 16.6 Å². The van der Waals surface area contributed by atoms with Gasteiger partial charge in [0.25, 0.3) is 0 Å². The summed E-state index contributed by atoms with van der Waals surface area (Å²) < 4.78 is 0. The number of aliphatic hydroxyl groups is 1. The fraction of sp³-hybridized carbons (Fsp3) is 0.476. The van der Waals surface area contributed by atoms with Crippen LogP contribution in [0.4, 0.5) is 0 Å². The van der Waals surface area contributed by atoms with Crippen LogP contribution in [0.2, 0.25) is 5.02 Å². The van der Waals surface area contributed by atoms with Crippen LogP contribution in [-0.4, -0.2) is 33.4 Å². The lowest BCUT2D eigenvalue weighted by Gasteiger charge is -2.46. The zero-order chi connectivity index (χ0) is 18.2. The molecule has 1 fully saturated rings. The van der Waals surface area contributed by atoms with Crippen molar-refractivity contribution in [1.82, 2.24) is 9.88 Å². The molecule has 2 aromatic rings. The Balaban J connectivity index is 1.70. The van der Waals surface area contributed by atoms with E-state index >= 15 is 0 Å². The molecule has 136 valence electrons. The molecule has 5 heteroatoms. The number of ketones is 1. The van der Waals surface area contributed by atoms with Gasteiger partial charge in [0, 0.05) is 39.9 Å². The molecule has 5 atom stereocenters. The number of aromatic amines is 1. The summed E-state index contributed by atoms with van der Waals surface area (Å²) in [7, 11) is 0. The number of aromatic nitrogens is 1. The average Bonchev–Trinajstić information content (AvgIpc) is 3.11. The van der Waals surface area contributed by atoms with Gasteiger partial charge in [0.05, 0.1) is 12.1 Å². The summed E-state index contributed by atoms with van der Waals surface area (Å²) in [5.41, 5.74) is 4.58. The normalized spacial score (nSPS) is 32.8. The minimum Gasteiger partial charge on any atom is -0.393 e. The third kappa shape index (κ3) is 2.15. The number of halogens is 1. The van der Waals surface area contributed by atoms with E-state index in [1.807, 2.05) is 18.2 Å². The van der Waals surface area contributed by atoms with E-state index in [0.29, 0.717) is 6.42 Å². The van der Waals surface area contributed by atoms with Crippen LogP contribution in [0.15, 0.2) is 30.0 Å². The zero-order valence-corrected chi connectivity index (χ0v) is 15.8. The van der Waals surface area contributed by atoms with Crippen LogP contribution in [0.5, 0.6) is 0 Å². The van der Waals surface area contributed by atoms with Crippen LogP contribution in [0, 0.1) is 17.8 Å². The van der Waals surface area contributed by atoms with Crippen molar-refractivity contribution < 1.29 is 9.90 Å². The standard InChI is InChI=1S/C21H23ClN2O2/c1-10-18(26)8-15-16(11(2)25)9-24-6-5-13-14-7-12(22)3-4-17(14)23-20(13)21(24)19(10)15/h3-4,7,9-10,15,18-19,21,23,26H,5-6,8H2,1-2H3/t10-,15+,18-,19+,21-/m0/s1. The highest BCUT2D eigenvalue weighted by Crippen LogP contribution is 2.54. The maximum Gasteiger partial charge on any atom is 0.157 e. The second-order valence-electron chi connectivity index (χ2n) is 8.13. The summed E-state index contributed by atoms with van der Waals surface area (Å²) in [5, 5.41) is 12.5. The molecule has 26 heavy (non-hydrogen) atoms. The zero-order valence-electron chi connectivity index (χ0n) is 15.0. The highest BCUT2D eigenvalue weighted by atomic mass is 35.5. The topological polar surface area (TPSA) is 56.3 Å². The number of nitrogens with one attached hydrogen (secondary N) is 1. The van der Waals surface area contributed by atoms with Gasteiger partial charge >= 0.3 is 0 Å². The number of Topliss-reactive ketones (excluding diaryl/α,β-unsaturated/α-hetero) is 1. The number of fused-ring (bicyclic) bond motifs is 7. The molecule has 0 unspecified atom stereocenters. The van der Waals surface area contributed by atoms with Crippen molar-refractivity contribution in [3.63, 3.8) is 0 Å². The lowest BCUT2D eigenvalue weighted by Crippen LogP contribution is -2.44. The number of nitrogens with zero attached hydrogens (tertiary/aromatic N) is 1. The van der Waals surface area contributed by atoms with Crippen LogP contribution in [-0.2, 0) is 11.2 Å². The molecule has 0 radical (unpaired) electrons. The summed E-state index contributed by atoms with van der Waals surface area (Å²) in [6.07, 6.45) is 3.34. The van der Waals surface area contributed by atoms with Gasteiger partial charge in [0.15, 0.2) is 5.78 Å². The lowest BCUT2D eigenvalue weighted by molar-refractivity contribution is -0.114. The molecule has 1 aromatic heterocycles. The molecule has 2 N–H and O–H groups in total. The minimum absolute atomic E-state index is 0.133. The summed E-state index contributed by atoms with van der Waals surface area (Å²) in [6.45, 7) is 4.67. The van der Waals surface area contributed by atoms with E-state index in [0.717, 1.165) is 29.1 Å². The fourth-order valence-electron chi connectivity index (χ4n) is 5.59. The number of hydrogen-bond acceptors (Lipinski definition) is 3. The van der Waals surface area contributed by atoms with E-state index in [-0.39, 0.29) is 35.7 Å². The Bertz CT molecular complexity index is 947. The number of hydrogen-bond donors (Lipinski definition) is 2. The summed E-state index contributed by atoms with van der Waals surface area (Å²) in [5.74, 6) is 0.682. The van der Waals surface area contributed by atoms with Gasteiger partial charge in [-0.05, 0) is 61.3 Å². The summed E-state index contributed by atoms with van der Waals surface area (Å²) in [6, 6.07) is 6.20. The Labute approximate surface area is 157 Å². The third-order valence-corrected chi connectivity index (χ3v) is 7.06. The number of carbonyl (C=O) groups is 1. The largest absolute Gasteiger partial charge is 0.393 e. The Kier molecular flexibility index (Phi) is 3.54. The quantitative estimate of drug-likeness (QED) is 0.801. The molecule has 4 nitrogen and oxygen atoms in total. The average molecular weight is 371 g/mol. The molecule has 0 amide bonds. The molecular weight excluding hydrogens is 348 g/mol. The molecule has 2 aliphatic heterocycles. The number of allylic oxidation sites excluding steroid dienone is 1. The Hall–Kier alpha value is -1.78. The van der Waals surface area contributed by atoms with Gasteiger partial charge < -0.3 is 15.0 Å². The molecule has 1 aliphatic carbocycles. The van der Waals surface area contributed by atoms with Crippen molar-refractivity contribution in [3.8, 4) is 0 Å². The van der Waals surface area contributed by atoms with Crippen LogP contribution in [0.3, 0.4) is 0 Å². The lowest BCUT2D eigenvalue weighted by atomic mass is 9.73. The summed E-state index contributed by atoms with van der Waals surface area (Å²) in [4.78, 5) is 18.2. The molecule has 0 spiro atoms. The van der Waals surface area contributed by atoms with Crippen LogP contribution < -0.4 is 0 Å². The molecule has 0 bridgehead atoms. The van der Waals surface area contributed by atoms with Gasteiger partial charge in [0.1, 0.15) is 0 Å². The van der Waals surface area contributed by atoms with E-state index in [4.69, 9.17) is 11.6 Å². The van der Waals surface area contributed by atoms with Gasteiger partial charge in [-0.2, -0.15) is 0 Å². The van der Waals surface area contributed by atoms with Gasteiger partial charge in [0.2, 0.25) is 0 Å². The highest BCUT2D eigenvalue weighted by Gasteiger charge is 2.52. The third-order valence-electron chi connectivity index (χ3n) is 6.82. The fourth-order valence-corrected chi connectivity index (χ4v) is 5.76. The maximum atomic E-state index is 12.3. The number of rotatable bonds is 1. The maximum absolute atomic E-state index is 12.3. The first-order valence-corrected chi connectivity index (χ1v) is 9.80. The van der Waals surface area contributed by atoms with Crippen LogP contribution in [0.1, 0.15) is 37.6 Å². The van der Waals surface area contributed by atoms with Gasteiger partial charge in [-0.25, -0.2) is 0 Å². The van der Waals surface area contributed by atoms with Crippen molar-refractivity contribution in [2.24, 2.45) is 17.8 Å². The van der Waals surface area contributed by atoms with E-state index in [1.54, 1.807) is 6.92 Å². The molecule has 5 rings (SSSR count). The Morgan fingerprint density at radius 1 is 1.38 bits per heavy atom. The van der Waals surface area contributed by atoms with Gasteiger partial charge in [-0.3, -0.25) is 4.79 Å². The number of H-pyrrole nitrogens is 1. The van der Waals surface area contributed by atoms with Crippen molar-refractivity contribution in [3.05, 3.63) is 46.3 Å². The molecule has 3 aliphatic rings. The van der Waals surface area contributed by atoms with Crippen molar-refractivity contribution >= 4 is 28.3 Å². The van der Waals surface area contributed by atoms with Crippen LogP contribution >= 0.6 is 11.6 Å². The number of carbonyl (C=O) groups excluding carboxylic acids is 1. The second kappa shape index (κ2) is 5.61. The SMILES string of the molecule is CC(=O)C1=CN2CCc3c([nH]c4ccc(Cl)cc34)[C@@H]2[C@@H]2[C@@H](C)[C@@H](O)C[C@H]12. The van der Waals surface area contributed by atoms with Crippen molar-refractivity contribution in [2.75, 3.05) is 6.54 Å². The molecule has 1 saturated carbocycles. The molecule has 1 aromatic carbocycles. The molecule has 0 saturated heterocycles. The van der Waals surface area contributed by atoms with E-state index < -0.39 is 0 Å². The van der Waals surface area contributed by atoms with Gasteiger partial charge in [-0.15, -0.1) is 0 Å². The minimum atomic E-state index is -0.350. The molecule has 3 heterocycles. The predicted molar refractivity (Wildman–Crippen MR) is 102 cm³/mol. The predicted octanol–water partition coefficient (Wildman–Crippen LogP) is 3.84. The molecular formula is C21H23ClN2O2. The first-order valence-electron chi connectivity index (χ1n) is 9.42.